The van der Waals surface area contributed by atoms with Crippen LogP contribution >= 0.6 is 15.9 Å². The monoisotopic (exact) mass is 256 g/mol. The lowest BCUT2D eigenvalue weighted by Gasteiger charge is -2.41. The maximum atomic E-state index is 9.78. The second-order valence-electron chi connectivity index (χ2n) is 3.93. The average molecular weight is 257 g/mol. The van der Waals surface area contributed by atoms with E-state index in [2.05, 4.69) is 15.9 Å². The Kier molecular flexibility index (Phi) is 2.54. The zero-order valence-electron chi connectivity index (χ0n) is 7.83. The van der Waals surface area contributed by atoms with Crippen molar-refractivity contribution in [2.45, 2.75) is 24.7 Å². The smallest absolute Gasteiger partial charge is 0.120 e. The van der Waals surface area contributed by atoms with E-state index < -0.39 is 0 Å². The van der Waals surface area contributed by atoms with Crippen LogP contribution in [0.15, 0.2) is 22.7 Å². The third-order valence-electron chi connectivity index (χ3n) is 3.14. The average Bonchev–Trinajstić information content (AvgIpc) is 2.08. The molecule has 0 saturated heterocycles. The van der Waals surface area contributed by atoms with Gasteiger partial charge in [0.25, 0.3) is 0 Å². The maximum Gasteiger partial charge on any atom is 0.120 e. The summed E-state index contributed by atoms with van der Waals surface area (Å²) >= 11 is 3.43. The first-order valence-corrected chi connectivity index (χ1v) is 5.58. The fraction of sp³-hybridized carbons (Fsp3) is 0.455. The predicted octanol–water partition coefficient (Wildman–Crippen LogP) is 2.57. The molecule has 1 aromatic rings. The predicted molar refractivity (Wildman–Crippen MR) is 58.4 cm³/mol. The van der Waals surface area contributed by atoms with E-state index in [0.29, 0.717) is 0 Å². The van der Waals surface area contributed by atoms with Crippen LogP contribution in [0.25, 0.3) is 0 Å². The SMILES string of the molecule is OCC1(c2c(O)cccc2Br)CCC1. The Morgan fingerprint density at radius 2 is 2.07 bits per heavy atom. The minimum absolute atomic E-state index is 0.114. The highest BCUT2D eigenvalue weighted by Gasteiger charge is 2.41. The highest BCUT2D eigenvalue weighted by molar-refractivity contribution is 9.10. The Hall–Kier alpha value is -0.540. The van der Waals surface area contributed by atoms with E-state index in [-0.39, 0.29) is 17.8 Å². The first-order valence-electron chi connectivity index (χ1n) is 4.78. The number of rotatable bonds is 2. The van der Waals surface area contributed by atoms with Crippen molar-refractivity contribution in [3.8, 4) is 5.75 Å². The van der Waals surface area contributed by atoms with E-state index in [9.17, 15) is 10.2 Å². The molecule has 1 aliphatic rings. The number of aliphatic hydroxyl groups excluding tert-OH is 1. The molecular formula is C11H13BrO2. The summed E-state index contributed by atoms with van der Waals surface area (Å²) in [5.74, 6) is 0.285. The van der Waals surface area contributed by atoms with Gasteiger partial charge in [-0.25, -0.2) is 0 Å². The van der Waals surface area contributed by atoms with Crippen molar-refractivity contribution in [2.24, 2.45) is 0 Å². The lowest BCUT2D eigenvalue weighted by molar-refractivity contribution is 0.117. The molecule has 2 nitrogen and oxygen atoms in total. The van der Waals surface area contributed by atoms with Gasteiger partial charge in [0.2, 0.25) is 0 Å². The van der Waals surface area contributed by atoms with Gasteiger partial charge in [-0.3, -0.25) is 0 Å². The van der Waals surface area contributed by atoms with Crippen LogP contribution in [0.3, 0.4) is 0 Å². The highest BCUT2D eigenvalue weighted by atomic mass is 79.9. The van der Waals surface area contributed by atoms with Gasteiger partial charge in [-0.2, -0.15) is 0 Å². The minimum Gasteiger partial charge on any atom is -0.508 e. The van der Waals surface area contributed by atoms with Crippen LogP contribution in [0, 0.1) is 0 Å². The lowest BCUT2D eigenvalue weighted by atomic mass is 9.65. The number of phenols is 1. The summed E-state index contributed by atoms with van der Waals surface area (Å²) in [6.07, 6.45) is 3.04. The molecule has 2 N–H and O–H groups in total. The summed E-state index contributed by atoms with van der Waals surface area (Å²) < 4.78 is 0.895. The summed E-state index contributed by atoms with van der Waals surface area (Å²) in [7, 11) is 0. The normalized spacial score (nSPS) is 19.0. The van der Waals surface area contributed by atoms with Gasteiger partial charge in [-0.15, -0.1) is 0 Å². The summed E-state index contributed by atoms with van der Waals surface area (Å²) in [6, 6.07) is 5.38. The van der Waals surface area contributed by atoms with Crippen molar-refractivity contribution >= 4 is 15.9 Å². The van der Waals surface area contributed by atoms with Crippen LogP contribution in [0.5, 0.6) is 5.75 Å². The molecule has 0 bridgehead atoms. The first-order chi connectivity index (χ1) is 6.69. The minimum atomic E-state index is -0.204. The number of hydrogen-bond acceptors (Lipinski definition) is 2. The first kappa shape index (κ1) is 9.99. The van der Waals surface area contributed by atoms with Crippen molar-refractivity contribution in [1.82, 2.24) is 0 Å². The Morgan fingerprint density at radius 3 is 2.50 bits per heavy atom. The van der Waals surface area contributed by atoms with Crippen LogP contribution in [-0.4, -0.2) is 16.8 Å². The van der Waals surface area contributed by atoms with Crippen molar-refractivity contribution < 1.29 is 10.2 Å². The largest absolute Gasteiger partial charge is 0.508 e. The molecule has 0 aliphatic heterocycles. The number of aliphatic hydroxyl groups is 1. The number of benzene rings is 1. The van der Waals surface area contributed by atoms with Gasteiger partial charge >= 0.3 is 0 Å². The van der Waals surface area contributed by atoms with Crippen LogP contribution in [-0.2, 0) is 5.41 Å². The van der Waals surface area contributed by atoms with Gasteiger partial charge < -0.3 is 10.2 Å². The molecule has 0 radical (unpaired) electrons. The quantitative estimate of drug-likeness (QED) is 0.854. The highest BCUT2D eigenvalue weighted by Crippen LogP contribution is 2.49. The van der Waals surface area contributed by atoms with E-state index >= 15 is 0 Å². The van der Waals surface area contributed by atoms with Gasteiger partial charge in [0.1, 0.15) is 5.75 Å². The Morgan fingerprint density at radius 1 is 1.36 bits per heavy atom. The summed E-state index contributed by atoms with van der Waals surface area (Å²) in [6.45, 7) is 0.114. The van der Waals surface area contributed by atoms with Crippen molar-refractivity contribution in [2.75, 3.05) is 6.61 Å². The molecule has 1 fully saturated rings. The second-order valence-corrected chi connectivity index (χ2v) is 4.78. The van der Waals surface area contributed by atoms with Gasteiger partial charge in [0.05, 0.1) is 6.61 Å². The van der Waals surface area contributed by atoms with Gasteiger partial charge in [0, 0.05) is 15.5 Å². The fourth-order valence-corrected chi connectivity index (χ4v) is 2.90. The molecule has 1 saturated carbocycles. The Bertz CT molecular complexity index is 319. The number of hydrogen-bond donors (Lipinski definition) is 2. The molecular weight excluding hydrogens is 244 g/mol. The molecule has 0 heterocycles. The fourth-order valence-electron chi connectivity index (χ4n) is 2.13. The number of halogens is 1. The molecule has 0 aromatic heterocycles. The third-order valence-corrected chi connectivity index (χ3v) is 3.80. The molecule has 76 valence electrons. The van der Waals surface area contributed by atoms with E-state index in [1.165, 1.54) is 0 Å². The standard InChI is InChI=1S/C11H13BrO2/c12-8-3-1-4-9(14)10(8)11(7-13)5-2-6-11/h1,3-4,13-14H,2,5-7H2. The molecule has 0 spiro atoms. The molecule has 3 heteroatoms. The van der Waals surface area contributed by atoms with Gasteiger partial charge in [-0.1, -0.05) is 28.4 Å². The molecule has 0 atom stereocenters. The Balaban J connectivity index is 2.49. The van der Waals surface area contributed by atoms with Crippen LogP contribution in [0.1, 0.15) is 24.8 Å². The van der Waals surface area contributed by atoms with E-state index in [1.807, 2.05) is 6.07 Å². The maximum absolute atomic E-state index is 9.78. The van der Waals surface area contributed by atoms with Gasteiger partial charge in [-0.05, 0) is 25.0 Å². The third kappa shape index (κ3) is 1.35. The van der Waals surface area contributed by atoms with Crippen LogP contribution in [0.4, 0.5) is 0 Å². The number of phenolic OH excluding ortho intramolecular Hbond substituents is 1. The van der Waals surface area contributed by atoms with Crippen LogP contribution < -0.4 is 0 Å². The molecule has 1 aliphatic carbocycles. The molecule has 14 heavy (non-hydrogen) atoms. The summed E-state index contributed by atoms with van der Waals surface area (Å²) in [5.41, 5.74) is 0.665. The van der Waals surface area contributed by atoms with Gasteiger partial charge in [0.15, 0.2) is 0 Å². The van der Waals surface area contributed by atoms with E-state index in [4.69, 9.17) is 0 Å². The summed E-state index contributed by atoms with van der Waals surface area (Å²) in [5, 5.41) is 19.2. The Labute approximate surface area is 91.7 Å². The summed E-state index contributed by atoms with van der Waals surface area (Å²) in [4.78, 5) is 0. The van der Waals surface area contributed by atoms with E-state index in [1.54, 1.807) is 12.1 Å². The zero-order valence-corrected chi connectivity index (χ0v) is 9.42. The van der Waals surface area contributed by atoms with Crippen molar-refractivity contribution in [3.05, 3.63) is 28.2 Å². The zero-order chi connectivity index (χ0) is 10.2. The molecule has 0 unspecified atom stereocenters. The molecule has 0 amide bonds. The van der Waals surface area contributed by atoms with Crippen molar-refractivity contribution in [1.29, 1.82) is 0 Å². The molecule has 2 rings (SSSR count). The number of aromatic hydroxyl groups is 1. The molecule has 1 aromatic carbocycles. The van der Waals surface area contributed by atoms with Crippen LogP contribution in [0.2, 0.25) is 0 Å². The van der Waals surface area contributed by atoms with Crippen molar-refractivity contribution in [3.63, 3.8) is 0 Å². The lowest BCUT2D eigenvalue weighted by Crippen LogP contribution is -2.38. The second kappa shape index (κ2) is 3.55. The van der Waals surface area contributed by atoms with E-state index in [0.717, 1.165) is 29.3 Å². The topological polar surface area (TPSA) is 40.5 Å².